The van der Waals surface area contributed by atoms with Crippen LogP contribution in [0.4, 0.5) is 0 Å². The second-order valence-corrected chi connectivity index (χ2v) is 4.97. The first-order valence-corrected chi connectivity index (χ1v) is 6.41. The molecule has 0 spiro atoms. The molecule has 3 N–H and O–H groups in total. The summed E-state index contributed by atoms with van der Waals surface area (Å²) in [4.78, 5) is 11.7. The highest BCUT2D eigenvalue weighted by atomic mass is 35.5. The smallest absolute Gasteiger partial charge is 0.240 e. The topological polar surface area (TPSA) is 73.6 Å². The van der Waals surface area contributed by atoms with Gasteiger partial charge in [0.25, 0.3) is 0 Å². The fourth-order valence-electron chi connectivity index (χ4n) is 1.72. The first-order valence-electron chi connectivity index (χ1n) is 6.41. The van der Waals surface area contributed by atoms with E-state index in [9.17, 15) is 4.79 Å². The molecule has 1 saturated carbocycles. The molecule has 1 aliphatic rings. The van der Waals surface area contributed by atoms with E-state index in [1.165, 1.54) is 0 Å². The van der Waals surface area contributed by atoms with Crippen molar-refractivity contribution in [3.05, 3.63) is 24.3 Å². The lowest BCUT2D eigenvalue weighted by atomic mass is 10.2. The maximum atomic E-state index is 11.7. The van der Waals surface area contributed by atoms with E-state index in [4.69, 9.17) is 15.2 Å². The van der Waals surface area contributed by atoms with Crippen LogP contribution in [-0.2, 0) is 4.79 Å². The minimum absolute atomic E-state index is 0. The number of hydrogen-bond donors (Lipinski definition) is 2. The molecular formula is C14H21ClN2O3. The van der Waals surface area contributed by atoms with Gasteiger partial charge in [-0.05, 0) is 31.9 Å². The van der Waals surface area contributed by atoms with Crippen molar-refractivity contribution in [1.29, 1.82) is 0 Å². The summed E-state index contributed by atoms with van der Waals surface area (Å²) < 4.78 is 10.8. The lowest BCUT2D eigenvalue weighted by Crippen LogP contribution is -2.45. The minimum Gasteiger partial charge on any atom is -0.497 e. The predicted molar refractivity (Wildman–Crippen MR) is 79.5 cm³/mol. The van der Waals surface area contributed by atoms with Crippen LogP contribution >= 0.6 is 12.4 Å². The van der Waals surface area contributed by atoms with Gasteiger partial charge in [0.1, 0.15) is 17.6 Å². The van der Waals surface area contributed by atoms with Crippen molar-refractivity contribution in [2.75, 3.05) is 13.7 Å². The number of amides is 1. The van der Waals surface area contributed by atoms with Crippen LogP contribution < -0.4 is 20.5 Å². The monoisotopic (exact) mass is 300 g/mol. The number of rotatable bonds is 6. The van der Waals surface area contributed by atoms with Gasteiger partial charge in [0, 0.05) is 6.07 Å². The Balaban J connectivity index is 0.00000200. The number of nitrogens with two attached hydrogens (primary N) is 1. The lowest BCUT2D eigenvalue weighted by Gasteiger charge is -2.17. The fourth-order valence-corrected chi connectivity index (χ4v) is 1.72. The maximum Gasteiger partial charge on any atom is 0.240 e. The van der Waals surface area contributed by atoms with Gasteiger partial charge in [0.15, 0.2) is 0 Å². The van der Waals surface area contributed by atoms with Crippen molar-refractivity contribution in [1.82, 2.24) is 5.32 Å². The van der Waals surface area contributed by atoms with E-state index in [1.54, 1.807) is 7.11 Å². The molecule has 20 heavy (non-hydrogen) atoms. The van der Waals surface area contributed by atoms with Crippen LogP contribution in [0, 0.1) is 0 Å². The predicted octanol–water partition coefficient (Wildman–Crippen LogP) is 1.49. The van der Waals surface area contributed by atoms with Gasteiger partial charge in [-0.2, -0.15) is 0 Å². The Hall–Kier alpha value is -1.46. The Morgan fingerprint density at radius 2 is 2.10 bits per heavy atom. The van der Waals surface area contributed by atoms with E-state index < -0.39 is 5.54 Å². The maximum absolute atomic E-state index is 11.7. The Morgan fingerprint density at radius 1 is 1.45 bits per heavy atom. The third-order valence-electron chi connectivity index (χ3n) is 3.17. The number of hydrogen-bond acceptors (Lipinski definition) is 4. The van der Waals surface area contributed by atoms with Gasteiger partial charge in [-0.1, -0.05) is 6.07 Å². The number of carbonyl (C=O) groups is 1. The van der Waals surface area contributed by atoms with Gasteiger partial charge in [-0.25, -0.2) is 0 Å². The average Bonchev–Trinajstić information content (AvgIpc) is 3.15. The Labute approximate surface area is 125 Å². The first kappa shape index (κ1) is 16.6. The van der Waals surface area contributed by atoms with Gasteiger partial charge in [-0.15, -0.1) is 12.4 Å². The molecule has 0 bridgehead atoms. The number of nitrogens with one attached hydrogen (secondary N) is 1. The molecular weight excluding hydrogens is 280 g/mol. The van der Waals surface area contributed by atoms with Crippen molar-refractivity contribution < 1.29 is 14.3 Å². The van der Waals surface area contributed by atoms with Crippen LogP contribution in [0.5, 0.6) is 11.5 Å². The highest BCUT2D eigenvalue weighted by Crippen LogP contribution is 2.32. The van der Waals surface area contributed by atoms with Crippen LogP contribution in [0.2, 0.25) is 0 Å². The molecule has 6 heteroatoms. The number of benzene rings is 1. The lowest BCUT2D eigenvalue weighted by molar-refractivity contribution is -0.123. The van der Waals surface area contributed by atoms with Crippen LogP contribution in [0.3, 0.4) is 0 Å². The normalized spacial score (nSPS) is 16.6. The van der Waals surface area contributed by atoms with Crippen molar-refractivity contribution in [2.24, 2.45) is 5.73 Å². The highest BCUT2D eigenvalue weighted by Gasteiger charge is 2.45. The SMILES string of the molecule is COc1cccc(OC(C)CNC(=O)C2(N)CC2)c1.Cl. The molecule has 0 aromatic heterocycles. The van der Waals surface area contributed by atoms with Crippen LogP contribution in [-0.4, -0.2) is 31.2 Å². The van der Waals surface area contributed by atoms with E-state index >= 15 is 0 Å². The number of halogens is 1. The summed E-state index contributed by atoms with van der Waals surface area (Å²) >= 11 is 0. The molecule has 1 unspecified atom stereocenters. The highest BCUT2D eigenvalue weighted by molar-refractivity contribution is 5.88. The second-order valence-electron chi connectivity index (χ2n) is 4.97. The molecule has 1 amide bonds. The molecule has 2 rings (SSSR count). The second kappa shape index (κ2) is 6.81. The third kappa shape index (κ3) is 4.28. The van der Waals surface area contributed by atoms with Gasteiger partial charge in [-0.3, -0.25) is 4.79 Å². The summed E-state index contributed by atoms with van der Waals surface area (Å²) in [5.41, 5.74) is 5.17. The summed E-state index contributed by atoms with van der Waals surface area (Å²) in [6.45, 7) is 2.34. The van der Waals surface area contributed by atoms with E-state index in [-0.39, 0.29) is 24.4 Å². The molecule has 5 nitrogen and oxygen atoms in total. The molecule has 0 saturated heterocycles. The number of methoxy groups -OCH3 is 1. The zero-order valence-corrected chi connectivity index (χ0v) is 12.5. The molecule has 112 valence electrons. The Bertz CT molecular complexity index is 463. The summed E-state index contributed by atoms with van der Waals surface area (Å²) in [6, 6.07) is 7.37. The summed E-state index contributed by atoms with van der Waals surface area (Å²) in [6.07, 6.45) is 1.41. The van der Waals surface area contributed by atoms with Crippen molar-refractivity contribution in [3.63, 3.8) is 0 Å². The van der Waals surface area contributed by atoms with Crippen molar-refractivity contribution in [3.8, 4) is 11.5 Å². The van der Waals surface area contributed by atoms with Crippen LogP contribution in [0.15, 0.2) is 24.3 Å². The Morgan fingerprint density at radius 3 is 2.70 bits per heavy atom. The third-order valence-corrected chi connectivity index (χ3v) is 3.17. The van der Waals surface area contributed by atoms with Gasteiger partial charge < -0.3 is 20.5 Å². The molecule has 0 radical (unpaired) electrons. The van der Waals surface area contributed by atoms with Crippen molar-refractivity contribution in [2.45, 2.75) is 31.4 Å². The molecule has 1 aromatic carbocycles. The van der Waals surface area contributed by atoms with Crippen LogP contribution in [0.1, 0.15) is 19.8 Å². The molecule has 1 atom stereocenters. The van der Waals surface area contributed by atoms with E-state index in [1.807, 2.05) is 31.2 Å². The van der Waals surface area contributed by atoms with E-state index in [0.717, 1.165) is 24.3 Å². The van der Waals surface area contributed by atoms with Gasteiger partial charge in [0.05, 0.1) is 19.2 Å². The van der Waals surface area contributed by atoms with Crippen LogP contribution in [0.25, 0.3) is 0 Å². The minimum atomic E-state index is -0.629. The summed E-state index contributed by atoms with van der Waals surface area (Å²) in [5.74, 6) is 1.37. The van der Waals surface area contributed by atoms with Gasteiger partial charge >= 0.3 is 0 Å². The Kier molecular flexibility index (Phi) is 5.65. The number of carbonyl (C=O) groups excluding carboxylic acids is 1. The number of ether oxygens (including phenoxy) is 2. The molecule has 1 aliphatic carbocycles. The largest absolute Gasteiger partial charge is 0.497 e. The first-order chi connectivity index (χ1) is 9.03. The molecule has 0 heterocycles. The molecule has 1 fully saturated rings. The van der Waals surface area contributed by atoms with E-state index in [0.29, 0.717) is 6.54 Å². The quantitative estimate of drug-likeness (QED) is 0.835. The van der Waals surface area contributed by atoms with Crippen molar-refractivity contribution >= 4 is 18.3 Å². The summed E-state index contributed by atoms with van der Waals surface area (Å²) in [7, 11) is 1.61. The van der Waals surface area contributed by atoms with E-state index in [2.05, 4.69) is 5.32 Å². The summed E-state index contributed by atoms with van der Waals surface area (Å²) in [5, 5.41) is 2.81. The zero-order valence-electron chi connectivity index (χ0n) is 11.7. The fraction of sp³-hybridized carbons (Fsp3) is 0.500. The van der Waals surface area contributed by atoms with Gasteiger partial charge in [0.2, 0.25) is 5.91 Å². The zero-order chi connectivity index (χ0) is 13.9. The standard InChI is InChI=1S/C14H20N2O3.ClH/c1-10(9-16-13(17)14(15)6-7-14)19-12-5-3-4-11(8-12)18-2;/h3-5,8,10H,6-7,9,15H2,1-2H3,(H,16,17);1H. The average molecular weight is 301 g/mol. The molecule has 1 aromatic rings. The molecule has 0 aliphatic heterocycles.